The molecule has 2 N–H and O–H groups in total. The summed E-state index contributed by atoms with van der Waals surface area (Å²) < 4.78 is 2.69. The zero-order valence-electron chi connectivity index (χ0n) is 9.39. The van der Waals surface area contributed by atoms with Gasteiger partial charge in [0.1, 0.15) is 0 Å². The average Bonchev–Trinajstić information content (AvgIpc) is 2.39. The van der Waals surface area contributed by atoms with Gasteiger partial charge >= 0.3 is 6.03 Å². The van der Waals surface area contributed by atoms with Crippen molar-refractivity contribution in [3.8, 4) is 0 Å². The highest BCUT2D eigenvalue weighted by molar-refractivity contribution is 7.98. The van der Waals surface area contributed by atoms with E-state index in [2.05, 4.69) is 10.0 Å². The molecule has 3 nitrogen and oxygen atoms in total. The van der Waals surface area contributed by atoms with E-state index in [0.717, 1.165) is 10.6 Å². The average molecular weight is 279 g/mol. The molecule has 0 aliphatic heterocycles. The number of benzene rings is 2. The fourth-order valence-electron chi connectivity index (χ4n) is 1.29. The summed E-state index contributed by atoms with van der Waals surface area (Å²) in [6.45, 7) is 0. The van der Waals surface area contributed by atoms with Gasteiger partial charge < -0.3 is 5.32 Å². The number of para-hydroxylation sites is 1. The van der Waals surface area contributed by atoms with E-state index in [0.29, 0.717) is 5.02 Å². The molecule has 2 amide bonds. The van der Waals surface area contributed by atoms with Crippen molar-refractivity contribution in [2.24, 2.45) is 0 Å². The van der Waals surface area contributed by atoms with Gasteiger partial charge in [-0.2, -0.15) is 0 Å². The lowest BCUT2D eigenvalue weighted by molar-refractivity contribution is 0.257. The molecule has 0 bridgehead atoms. The summed E-state index contributed by atoms with van der Waals surface area (Å²) in [5, 5.41) is 3.40. The summed E-state index contributed by atoms with van der Waals surface area (Å²) in [5.74, 6) is 0. The van der Waals surface area contributed by atoms with Gasteiger partial charge in [-0.15, -0.1) is 0 Å². The maximum atomic E-state index is 11.6. The number of anilines is 1. The molecule has 0 aliphatic carbocycles. The van der Waals surface area contributed by atoms with Crippen LogP contribution in [0.4, 0.5) is 10.5 Å². The number of amides is 2. The van der Waals surface area contributed by atoms with Gasteiger partial charge in [-0.05, 0) is 48.3 Å². The second kappa shape index (κ2) is 6.33. The second-order valence-electron chi connectivity index (χ2n) is 3.48. The summed E-state index contributed by atoms with van der Waals surface area (Å²) in [4.78, 5) is 12.5. The van der Waals surface area contributed by atoms with E-state index in [9.17, 15) is 4.79 Å². The molecule has 0 fully saturated rings. The quantitative estimate of drug-likeness (QED) is 0.828. The third-order valence-electron chi connectivity index (χ3n) is 2.11. The van der Waals surface area contributed by atoms with E-state index in [4.69, 9.17) is 11.6 Å². The van der Waals surface area contributed by atoms with E-state index < -0.39 is 0 Å². The largest absolute Gasteiger partial charge is 0.329 e. The van der Waals surface area contributed by atoms with Crippen LogP contribution in [0.25, 0.3) is 0 Å². The third-order valence-corrected chi connectivity index (χ3v) is 3.15. The molecular weight excluding hydrogens is 268 g/mol. The summed E-state index contributed by atoms with van der Waals surface area (Å²) in [6, 6.07) is 16.3. The maximum Gasteiger partial charge on any atom is 0.329 e. The highest BCUT2D eigenvalue weighted by atomic mass is 35.5. The fraction of sp³-hybridized carbons (Fsp3) is 0. The molecule has 0 saturated heterocycles. The number of carbonyl (C=O) groups is 1. The molecule has 0 spiro atoms. The Hall–Kier alpha value is -1.65. The number of halogens is 1. The van der Waals surface area contributed by atoms with Crippen LogP contribution in [0, 0.1) is 0 Å². The lowest BCUT2D eigenvalue weighted by Crippen LogP contribution is -2.22. The first kappa shape index (κ1) is 12.8. The minimum atomic E-state index is -0.263. The summed E-state index contributed by atoms with van der Waals surface area (Å²) in [7, 11) is 0. The van der Waals surface area contributed by atoms with Crippen molar-refractivity contribution in [3.63, 3.8) is 0 Å². The first-order chi connectivity index (χ1) is 8.74. The van der Waals surface area contributed by atoms with Crippen LogP contribution in [0.3, 0.4) is 0 Å². The van der Waals surface area contributed by atoms with Crippen LogP contribution in [0.15, 0.2) is 59.5 Å². The number of carbonyl (C=O) groups excluding carboxylic acids is 1. The predicted octanol–water partition coefficient (Wildman–Crippen LogP) is 4.17. The van der Waals surface area contributed by atoms with E-state index in [1.807, 2.05) is 42.5 Å². The molecule has 0 heterocycles. The molecule has 92 valence electrons. The van der Waals surface area contributed by atoms with Crippen molar-refractivity contribution < 1.29 is 4.79 Å². The minimum Gasteiger partial charge on any atom is -0.307 e. The van der Waals surface area contributed by atoms with Gasteiger partial charge in [-0.1, -0.05) is 29.8 Å². The molecule has 2 aromatic carbocycles. The number of hydrogen-bond acceptors (Lipinski definition) is 2. The topological polar surface area (TPSA) is 41.1 Å². The first-order valence-corrected chi connectivity index (χ1v) is 6.48. The normalized spacial score (nSPS) is 9.83. The van der Waals surface area contributed by atoms with Crippen molar-refractivity contribution in [3.05, 3.63) is 59.6 Å². The molecule has 0 radical (unpaired) electrons. The Morgan fingerprint density at radius 3 is 2.33 bits per heavy atom. The highest BCUT2D eigenvalue weighted by Gasteiger charge is 2.01. The lowest BCUT2D eigenvalue weighted by atomic mass is 10.3. The standard InChI is InChI=1S/C13H11ClN2OS/c14-10-6-8-12(9-7-10)18-16-13(17)15-11-4-2-1-3-5-11/h1-9H,(H2,15,16,17). The highest BCUT2D eigenvalue weighted by Crippen LogP contribution is 2.17. The summed E-state index contributed by atoms with van der Waals surface area (Å²) in [6.07, 6.45) is 0. The Morgan fingerprint density at radius 2 is 1.67 bits per heavy atom. The van der Waals surface area contributed by atoms with Crippen LogP contribution in [0.1, 0.15) is 0 Å². The second-order valence-corrected chi connectivity index (χ2v) is 4.79. The van der Waals surface area contributed by atoms with Crippen molar-refractivity contribution >= 4 is 35.3 Å². The molecule has 0 saturated carbocycles. The Bertz CT molecular complexity index is 516. The minimum absolute atomic E-state index is 0.263. The van der Waals surface area contributed by atoms with Crippen molar-refractivity contribution in [1.82, 2.24) is 4.72 Å². The van der Waals surface area contributed by atoms with Gasteiger partial charge in [-0.25, -0.2) is 4.79 Å². The van der Waals surface area contributed by atoms with E-state index in [1.165, 1.54) is 11.9 Å². The Kier molecular flexibility index (Phi) is 4.50. The summed E-state index contributed by atoms with van der Waals surface area (Å²) >= 11 is 7.01. The fourth-order valence-corrected chi connectivity index (χ4v) is 1.95. The Balaban J connectivity index is 1.83. The van der Waals surface area contributed by atoms with Crippen LogP contribution < -0.4 is 10.0 Å². The van der Waals surface area contributed by atoms with Crippen LogP contribution in [-0.4, -0.2) is 6.03 Å². The zero-order valence-corrected chi connectivity index (χ0v) is 11.0. The van der Waals surface area contributed by atoms with Crippen molar-refractivity contribution in [2.75, 3.05) is 5.32 Å². The molecule has 5 heteroatoms. The smallest absolute Gasteiger partial charge is 0.307 e. The molecule has 18 heavy (non-hydrogen) atoms. The van der Waals surface area contributed by atoms with Gasteiger partial charge in [0.15, 0.2) is 0 Å². The number of rotatable bonds is 3. The Labute approximate surface area is 115 Å². The lowest BCUT2D eigenvalue weighted by Gasteiger charge is -2.06. The SMILES string of the molecule is O=C(NSc1ccc(Cl)cc1)Nc1ccccc1. The van der Waals surface area contributed by atoms with Crippen LogP contribution in [0.2, 0.25) is 5.02 Å². The number of nitrogens with one attached hydrogen (secondary N) is 2. The van der Waals surface area contributed by atoms with Crippen LogP contribution in [0.5, 0.6) is 0 Å². The predicted molar refractivity (Wildman–Crippen MR) is 75.9 cm³/mol. The third kappa shape index (κ3) is 3.98. The first-order valence-electron chi connectivity index (χ1n) is 5.28. The Morgan fingerprint density at radius 1 is 1.00 bits per heavy atom. The van der Waals surface area contributed by atoms with Crippen LogP contribution in [-0.2, 0) is 0 Å². The van der Waals surface area contributed by atoms with Gasteiger partial charge in [0.25, 0.3) is 0 Å². The van der Waals surface area contributed by atoms with Crippen molar-refractivity contribution in [2.45, 2.75) is 4.90 Å². The summed E-state index contributed by atoms with van der Waals surface area (Å²) in [5.41, 5.74) is 0.756. The molecule has 0 aromatic heterocycles. The molecule has 0 aliphatic rings. The maximum absolute atomic E-state index is 11.6. The zero-order chi connectivity index (χ0) is 12.8. The number of urea groups is 1. The van der Waals surface area contributed by atoms with E-state index in [-0.39, 0.29) is 6.03 Å². The van der Waals surface area contributed by atoms with Gasteiger partial charge in [0, 0.05) is 15.6 Å². The number of hydrogen-bond donors (Lipinski definition) is 2. The van der Waals surface area contributed by atoms with E-state index >= 15 is 0 Å². The molecule has 0 atom stereocenters. The van der Waals surface area contributed by atoms with E-state index in [1.54, 1.807) is 12.1 Å². The molecule has 0 unspecified atom stereocenters. The molecule has 2 aromatic rings. The molecular formula is C13H11ClN2OS. The monoisotopic (exact) mass is 278 g/mol. The van der Waals surface area contributed by atoms with Gasteiger partial charge in [0.2, 0.25) is 0 Å². The van der Waals surface area contributed by atoms with Gasteiger partial charge in [-0.3, -0.25) is 4.72 Å². The van der Waals surface area contributed by atoms with Crippen LogP contribution >= 0.6 is 23.5 Å². The van der Waals surface area contributed by atoms with Crippen molar-refractivity contribution in [1.29, 1.82) is 0 Å². The molecule has 2 rings (SSSR count). The van der Waals surface area contributed by atoms with Gasteiger partial charge in [0.05, 0.1) is 0 Å².